The number of hydrogen-bond acceptors (Lipinski definition) is 6. The lowest BCUT2D eigenvalue weighted by Crippen LogP contribution is -2.52. The summed E-state index contributed by atoms with van der Waals surface area (Å²) in [4.78, 5) is 26.9. The van der Waals surface area contributed by atoms with Gasteiger partial charge in [-0.2, -0.15) is 0 Å². The molecule has 0 aromatic heterocycles. The highest BCUT2D eigenvalue weighted by Crippen LogP contribution is 2.38. The summed E-state index contributed by atoms with van der Waals surface area (Å²) in [5, 5.41) is 4.66. The maximum atomic E-state index is 13.6. The van der Waals surface area contributed by atoms with Crippen LogP contribution in [0.1, 0.15) is 38.0 Å². The topological polar surface area (TPSA) is 89.1 Å². The van der Waals surface area contributed by atoms with Gasteiger partial charge in [0, 0.05) is 21.3 Å². The van der Waals surface area contributed by atoms with Crippen molar-refractivity contribution in [2.75, 3.05) is 12.1 Å². The van der Waals surface area contributed by atoms with E-state index in [9.17, 15) is 9.59 Å². The lowest BCUT2D eigenvalue weighted by Gasteiger charge is -2.37. The average Bonchev–Trinajstić information content (AvgIpc) is 3.42. The van der Waals surface area contributed by atoms with E-state index in [1.54, 1.807) is 42.5 Å². The molecular formula is C29H22BrN3O5. The van der Waals surface area contributed by atoms with Crippen LogP contribution in [0.5, 0.6) is 17.2 Å². The predicted octanol–water partition coefficient (Wildman–Crippen LogP) is 5.67. The van der Waals surface area contributed by atoms with Gasteiger partial charge in [-0.05, 0) is 60.2 Å². The number of hydrogen-bond donors (Lipinski definition) is 2. The number of carbonyl (C=O) groups excluding carboxylic acids is 2. The van der Waals surface area contributed by atoms with Crippen molar-refractivity contribution in [3.05, 3.63) is 118 Å². The molecule has 190 valence electrons. The first kappa shape index (κ1) is 23.9. The first-order valence-electron chi connectivity index (χ1n) is 11.9. The Hall–Kier alpha value is -4.50. The van der Waals surface area contributed by atoms with Gasteiger partial charge in [0.25, 0.3) is 11.8 Å². The zero-order valence-corrected chi connectivity index (χ0v) is 21.6. The summed E-state index contributed by atoms with van der Waals surface area (Å²) in [7, 11) is 0. The second-order valence-electron chi connectivity index (χ2n) is 8.76. The number of nitrogens with one attached hydrogen (secondary N) is 2. The number of amides is 2. The van der Waals surface area contributed by atoms with Crippen LogP contribution in [-0.2, 0) is 6.61 Å². The Labute approximate surface area is 227 Å². The molecule has 8 nitrogen and oxygen atoms in total. The third-order valence-corrected chi connectivity index (χ3v) is 6.77. The highest BCUT2D eigenvalue weighted by molar-refractivity contribution is 9.10. The first-order valence-corrected chi connectivity index (χ1v) is 12.7. The molecule has 38 heavy (non-hydrogen) atoms. The van der Waals surface area contributed by atoms with Gasteiger partial charge in [0.2, 0.25) is 6.79 Å². The van der Waals surface area contributed by atoms with Crippen molar-refractivity contribution in [3.8, 4) is 17.2 Å². The molecule has 2 N–H and O–H groups in total. The lowest BCUT2D eigenvalue weighted by molar-refractivity contribution is 0.0490. The molecule has 0 unspecified atom stereocenters. The van der Waals surface area contributed by atoms with Crippen LogP contribution in [-0.4, -0.2) is 23.6 Å². The van der Waals surface area contributed by atoms with Crippen molar-refractivity contribution in [3.63, 3.8) is 0 Å². The second kappa shape index (κ2) is 10.1. The third kappa shape index (κ3) is 4.76. The molecule has 2 amide bonds. The highest BCUT2D eigenvalue weighted by atomic mass is 79.9. The van der Waals surface area contributed by atoms with Gasteiger partial charge in [0.15, 0.2) is 11.5 Å². The third-order valence-electron chi connectivity index (χ3n) is 6.28. The van der Waals surface area contributed by atoms with E-state index >= 15 is 0 Å². The molecule has 0 radical (unpaired) electrons. The molecule has 0 spiro atoms. The van der Waals surface area contributed by atoms with E-state index in [0.29, 0.717) is 40.7 Å². The summed E-state index contributed by atoms with van der Waals surface area (Å²) in [5.74, 6) is 1.07. The summed E-state index contributed by atoms with van der Waals surface area (Å²) < 4.78 is 17.5. The van der Waals surface area contributed by atoms with Crippen LogP contribution in [0.4, 0.5) is 5.69 Å². The van der Waals surface area contributed by atoms with Crippen LogP contribution < -0.4 is 25.0 Å². The van der Waals surface area contributed by atoms with Crippen molar-refractivity contribution >= 4 is 33.4 Å². The smallest absolute Gasteiger partial charge is 0.276 e. The van der Waals surface area contributed by atoms with Crippen LogP contribution in [0.2, 0.25) is 0 Å². The monoisotopic (exact) mass is 571 g/mol. The Morgan fingerprint density at radius 1 is 0.974 bits per heavy atom. The van der Waals surface area contributed by atoms with Crippen molar-refractivity contribution in [2.45, 2.75) is 12.8 Å². The molecule has 9 heteroatoms. The van der Waals surface area contributed by atoms with Crippen LogP contribution in [0.15, 0.2) is 95.5 Å². The van der Waals surface area contributed by atoms with Crippen LogP contribution in [0.25, 0.3) is 0 Å². The lowest BCUT2D eigenvalue weighted by atomic mass is 10.0. The van der Waals surface area contributed by atoms with Crippen LogP contribution in [0.3, 0.4) is 0 Å². The largest absolute Gasteiger partial charge is 0.489 e. The second-order valence-corrected chi connectivity index (χ2v) is 9.68. The number of carbonyl (C=O) groups is 2. The van der Waals surface area contributed by atoms with Crippen molar-refractivity contribution in [1.82, 2.24) is 10.4 Å². The number of hydrazine groups is 1. The van der Waals surface area contributed by atoms with Crippen LogP contribution in [0, 0.1) is 0 Å². The maximum absolute atomic E-state index is 13.6. The number of nitrogens with zero attached hydrogens (tertiary/aromatic N) is 1. The summed E-state index contributed by atoms with van der Waals surface area (Å²) in [6, 6.07) is 27.4. The van der Waals surface area contributed by atoms with Gasteiger partial charge < -0.3 is 19.5 Å². The Balaban J connectivity index is 1.24. The Morgan fingerprint density at radius 2 is 1.76 bits per heavy atom. The Bertz CT molecular complexity index is 1510. The molecule has 4 aromatic carbocycles. The molecule has 2 aliphatic rings. The summed E-state index contributed by atoms with van der Waals surface area (Å²) in [5.41, 5.74) is 6.04. The molecule has 6 rings (SSSR count). The van der Waals surface area contributed by atoms with E-state index in [1.807, 2.05) is 48.5 Å². The minimum atomic E-state index is -0.678. The minimum Gasteiger partial charge on any atom is -0.489 e. The van der Waals surface area contributed by atoms with E-state index in [-0.39, 0.29) is 12.7 Å². The number of halogens is 1. The molecular weight excluding hydrogens is 550 g/mol. The SMILES string of the molecule is O=C(NN1C(=O)c2cc(Br)ccc2N[C@H]1c1ccc2c(c1)OCO2)c1ccc(OCc2ccccc2)cc1. The fraction of sp³-hybridized carbons (Fsp3) is 0.103. The fourth-order valence-electron chi connectivity index (χ4n) is 4.33. The number of rotatable bonds is 6. The van der Waals surface area contributed by atoms with Gasteiger partial charge in [-0.25, -0.2) is 5.01 Å². The fourth-order valence-corrected chi connectivity index (χ4v) is 4.69. The summed E-state index contributed by atoms with van der Waals surface area (Å²) in [6.07, 6.45) is -0.678. The molecule has 4 aromatic rings. The minimum absolute atomic E-state index is 0.137. The normalized spacial score (nSPS) is 15.4. The standard InChI is InChI=1S/C29H22BrN3O5/c30-21-9-12-24-23(15-21)29(35)33(27(31-24)20-8-13-25-26(14-20)38-17-37-25)32-28(34)19-6-10-22(11-7-19)36-16-18-4-2-1-3-5-18/h1-15,27,31H,16-17H2,(H,32,34)/t27-/m1/s1. The van der Waals surface area contributed by atoms with E-state index in [2.05, 4.69) is 26.7 Å². The van der Waals surface area contributed by atoms with E-state index < -0.39 is 12.1 Å². The molecule has 2 heterocycles. The Kier molecular flexibility index (Phi) is 6.35. The molecule has 0 saturated carbocycles. The summed E-state index contributed by atoms with van der Waals surface area (Å²) >= 11 is 3.43. The zero-order valence-electron chi connectivity index (χ0n) is 20.0. The number of anilines is 1. The molecule has 0 fully saturated rings. The van der Waals surface area contributed by atoms with E-state index in [0.717, 1.165) is 15.6 Å². The molecule has 2 aliphatic heterocycles. The Morgan fingerprint density at radius 3 is 2.58 bits per heavy atom. The molecule has 0 saturated heterocycles. The highest BCUT2D eigenvalue weighted by Gasteiger charge is 2.35. The van der Waals surface area contributed by atoms with Crippen molar-refractivity contribution < 1.29 is 23.8 Å². The number of fused-ring (bicyclic) bond motifs is 2. The van der Waals surface area contributed by atoms with Crippen molar-refractivity contribution in [2.24, 2.45) is 0 Å². The van der Waals surface area contributed by atoms with Gasteiger partial charge in [-0.3, -0.25) is 15.0 Å². The van der Waals surface area contributed by atoms with Gasteiger partial charge in [-0.1, -0.05) is 52.3 Å². The average molecular weight is 572 g/mol. The van der Waals surface area contributed by atoms with Gasteiger partial charge >= 0.3 is 0 Å². The van der Waals surface area contributed by atoms with Gasteiger partial charge in [0.05, 0.1) is 5.56 Å². The van der Waals surface area contributed by atoms with Crippen LogP contribution >= 0.6 is 15.9 Å². The molecule has 0 bridgehead atoms. The van der Waals surface area contributed by atoms with Crippen molar-refractivity contribution in [1.29, 1.82) is 0 Å². The molecule has 0 aliphatic carbocycles. The predicted molar refractivity (Wildman–Crippen MR) is 144 cm³/mol. The van der Waals surface area contributed by atoms with Gasteiger partial charge in [-0.15, -0.1) is 0 Å². The molecule has 1 atom stereocenters. The quantitative estimate of drug-likeness (QED) is 0.310. The zero-order chi connectivity index (χ0) is 26.1. The van der Waals surface area contributed by atoms with Gasteiger partial charge in [0.1, 0.15) is 18.5 Å². The number of benzene rings is 4. The summed E-state index contributed by atoms with van der Waals surface area (Å²) in [6.45, 7) is 0.560. The number of ether oxygens (including phenoxy) is 3. The van der Waals surface area contributed by atoms with E-state index in [4.69, 9.17) is 14.2 Å². The maximum Gasteiger partial charge on any atom is 0.276 e. The first-order chi connectivity index (χ1) is 18.5. The van der Waals surface area contributed by atoms with E-state index in [1.165, 1.54) is 5.01 Å².